The maximum Gasteiger partial charge on any atom is 0.150 e. The van der Waals surface area contributed by atoms with Gasteiger partial charge in [0.1, 0.15) is 11.5 Å². The van der Waals surface area contributed by atoms with Gasteiger partial charge in [0.25, 0.3) is 0 Å². The average molecular weight is 300 g/mol. The number of nitriles is 1. The Morgan fingerprint density at radius 1 is 1.32 bits per heavy atom. The van der Waals surface area contributed by atoms with Gasteiger partial charge in [-0.05, 0) is 24.1 Å². The number of benzene rings is 1. The van der Waals surface area contributed by atoms with Crippen molar-refractivity contribution < 1.29 is 8.78 Å². The van der Waals surface area contributed by atoms with Gasteiger partial charge in [0.2, 0.25) is 0 Å². The Balaban J connectivity index is 1.96. The third kappa shape index (κ3) is 2.50. The van der Waals surface area contributed by atoms with Gasteiger partial charge < -0.3 is 4.90 Å². The first-order chi connectivity index (χ1) is 10.6. The Labute approximate surface area is 127 Å². The van der Waals surface area contributed by atoms with E-state index in [4.69, 9.17) is 5.26 Å². The van der Waals surface area contributed by atoms with E-state index in [-0.39, 0.29) is 11.3 Å². The molecule has 0 amide bonds. The lowest BCUT2D eigenvalue weighted by Crippen LogP contribution is -2.33. The topological polar surface area (TPSA) is 52.8 Å². The monoisotopic (exact) mass is 300 g/mol. The summed E-state index contributed by atoms with van der Waals surface area (Å²) in [7, 11) is 0. The second-order valence-corrected chi connectivity index (χ2v) is 5.18. The zero-order chi connectivity index (χ0) is 15.7. The van der Waals surface area contributed by atoms with E-state index in [2.05, 4.69) is 9.97 Å². The Bertz CT molecular complexity index is 744. The van der Waals surface area contributed by atoms with Gasteiger partial charge in [0.05, 0.1) is 23.9 Å². The van der Waals surface area contributed by atoms with Crippen LogP contribution < -0.4 is 4.90 Å². The van der Waals surface area contributed by atoms with Crippen LogP contribution in [0.3, 0.4) is 0 Å². The molecule has 0 unspecified atom stereocenters. The van der Waals surface area contributed by atoms with Crippen molar-refractivity contribution in [1.29, 1.82) is 5.26 Å². The molecule has 4 nitrogen and oxygen atoms in total. The van der Waals surface area contributed by atoms with Crippen LogP contribution in [0.15, 0.2) is 18.3 Å². The summed E-state index contributed by atoms with van der Waals surface area (Å²) in [6.45, 7) is 2.79. The van der Waals surface area contributed by atoms with Crippen LogP contribution >= 0.6 is 0 Å². The van der Waals surface area contributed by atoms with Crippen LogP contribution in [0.1, 0.15) is 29.6 Å². The Morgan fingerprint density at radius 3 is 2.68 bits per heavy atom. The van der Waals surface area contributed by atoms with Gasteiger partial charge in [0.15, 0.2) is 11.6 Å². The van der Waals surface area contributed by atoms with E-state index in [0.29, 0.717) is 25.9 Å². The van der Waals surface area contributed by atoms with Crippen molar-refractivity contribution in [3.05, 3.63) is 52.6 Å². The van der Waals surface area contributed by atoms with Crippen molar-refractivity contribution in [2.24, 2.45) is 0 Å². The Morgan fingerprint density at radius 2 is 2.05 bits per heavy atom. The minimum Gasteiger partial charge on any atom is -0.361 e. The van der Waals surface area contributed by atoms with Crippen LogP contribution in [0.2, 0.25) is 0 Å². The summed E-state index contributed by atoms with van der Waals surface area (Å²) in [5, 5.41) is 8.76. The molecule has 0 spiro atoms. The fraction of sp³-hybridized carbons (Fsp3) is 0.312. The number of hydrogen-bond acceptors (Lipinski definition) is 4. The van der Waals surface area contributed by atoms with Crippen LogP contribution in [-0.2, 0) is 19.4 Å². The molecule has 0 radical (unpaired) electrons. The van der Waals surface area contributed by atoms with Crippen molar-refractivity contribution >= 4 is 5.69 Å². The summed E-state index contributed by atoms with van der Waals surface area (Å²) in [5.41, 5.74) is 1.71. The lowest BCUT2D eigenvalue weighted by Gasteiger charge is -2.30. The first-order valence-electron chi connectivity index (χ1n) is 7.10. The maximum absolute atomic E-state index is 14.1. The zero-order valence-electron chi connectivity index (χ0n) is 12.1. The highest BCUT2D eigenvalue weighted by Gasteiger charge is 2.24. The first kappa shape index (κ1) is 14.4. The molecule has 0 saturated carbocycles. The molecule has 0 fully saturated rings. The Kier molecular flexibility index (Phi) is 3.72. The number of rotatable bonds is 2. The molecule has 0 atom stereocenters. The molecule has 112 valence electrons. The van der Waals surface area contributed by atoms with Crippen LogP contribution in [-0.4, -0.2) is 16.5 Å². The van der Waals surface area contributed by atoms with Crippen molar-refractivity contribution in [3.63, 3.8) is 0 Å². The molecule has 6 heteroatoms. The molecule has 1 aliphatic rings. The van der Waals surface area contributed by atoms with Crippen molar-refractivity contribution in [2.45, 2.75) is 26.3 Å². The molecule has 0 N–H and O–H groups in total. The predicted molar refractivity (Wildman–Crippen MR) is 77.2 cm³/mol. The fourth-order valence-electron chi connectivity index (χ4n) is 2.64. The molecule has 2 aromatic rings. The molecule has 1 aromatic carbocycles. The van der Waals surface area contributed by atoms with Crippen molar-refractivity contribution in [1.82, 2.24) is 9.97 Å². The fourth-order valence-corrected chi connectivity index (χ4v) is 2.64. The maximum atomic E-state index is 14.1. The highest BCUT2D eigenvalue weighted by atomic mass is 19.1. The number of aromatic nitrogens is 2. The van der Waals surface area contributed by atoms with E-state index in [1.54, 1.807) is 17.2 Å². The van der Waals surface area contributed by atoms with Gasteiger partial charge >= 0.3 is 0 Å². The molecule has 0 saturated heterocycles. The molecular weight excluding hydrogens is 286 g/mol. The van der Waals surface area contributed by atoms with Crippen LogP contribution in [0, 0.1) is 23.0 Å². The predicted octanol–water partition coefficient (Wildman–Crippen LogP) is 2.75. The zero-order valence-corrected chi connectivity index (χ0v) is 12.1. The van der Waals surface area contributed by atoms with Crippen molar-refractivity contribution in [2.75, 3.05) is 11.4 Å². The van der Waals surface area contributed by atoms with E-state index < -0.39 is 11.6 Å². The quantitative estimate of drug-likeness (QED) is 0.856. The number of nitrogens with zero attached hydrogens (tertiary/aromatic N) is 4. The van der Waals surface area contributed by atoms with E-state index in [1.807, 2.05) is 6.92 Å². The molecule has 0 bridgehead atoms. The molecule has 22 heavy (non-hydrogen) atoms. The summed E-state index contributed by atoms with van der Waals surface area (Å²) >= 11 is 0. The van der Waals surface area contributed by atoms with Crippen LogP contribution in [0.5, 0.6) is 0 Å². The van der Waals surface area contributed by atoms with Crippen LogP contribution in [0.4, 0.5) is 14.5 Å². The lowest BCUT2D eigenvalue weighted by molar-refractivity contribution is 0.560. The number of halogens is 2. The molecule has 2 heterocycles. The molecular formula is C16H14F2N4. The average Bonchev–Trinajstić information content (AvgIpc) is 2.53. The summed E-state index contributed by atoms with van der Waals surface area (Å²) in [6, 6.07) is 3.87. The minimum absolute atomic E-state index is 0.0215. The highest BCUT2D eigenvalue weighted by Crippen LogP contribution is 2.29. The molecule has 1 aromatic heterocycles. The summed E-state index contributed by atoms with van der Waals surface area (Å²) in [6.07, 6.45) is 3.15. The SMILES string of the molecule is CCc1ncc2c(n1)CN(c1c(F)cc(C#N)cc1F)CC2. The van der Waals surface area contributed by atoms with E-state index in [9.17, 15) is 8.78 Å². The molecule has 3 rings (SSSR count). The smallest absolute Gasteiger partial charge is 0.150 e. The third-order valence-electron chi connectivity index (χ3n) is 3.77. The highest BCUT2D eigenvalue weighted by molar-refractivity contribution is 5.54. The number of aryl methyl sites for hydroxylation is 1. The van der Waals surface area contributed by atoms with Gasteiger partial charge in [0, 0.05) is 19.2 Å². The Hall–Kier alpha value is -2.55. The van der Waals surface area contributed by atoms with Gasteiger partial charge in [-0.3, -0.25) is 0 Å². The van der Waals surface area contributed by atoms with E-state index in [0.717, 1.165) is 29.2 Å². The number of anilines is 1. The number of hydrogen-bond donors (Lipinski definition) is 0. The summed E-state index contributed by atoms with van der Waals surface area (Å²) in [4.78, 5) is 10.3. The second kappa shape index (κ2) is 5.68. The van der Waals surface area contributed by atoms with E-state index >= 15 is 0 Å². The van der Waals surface area contributed by atoms with Crippen molar-refractivity contribution in [3.8, 4) is 6.07 Å². The lowest BCUT2D eigenvalue weighted by atomic mass is 10.1. The number of fused-ring (bicyclic) bond motifs is 1. The normalized spacial score (nSPS) is 13.6. The largest absolute Gasteiger partial charge is 0.361 e. The van der Waals surface area contributed by atoms with Gasteiger partial charge in [-0.1, -0.05) is 6.92 Å². The summed E-state index contributed by atoms with van der Waals surface area (Å²) in [5.74, 6) is -0.712. The van der Waals surface area contributed by atoms with E-state index in [1.165, 1.54) is 0 Å². The van der Waals surface area contributed by atoms with Gasteiger partial charge in [-0.15, -0.1) is 0 Å². The summed E-state index contributed by atoms with van der Waals surface area (Å²) < 4.78 is 28.3. The molecule has 0 aliphatic carbocycles. The first-order valence-corrected chi connectivity index (χ1v) is 7.10. The standard InChI is InChI=1S/C16H14F2N4/c1-2-15-20-8-11-3-4-22(9-14(11)21-15)16-12(17)5-10(7-19)6-13(16)18/h5-6,8H,2-4,9H2,1H3. The second-order valence-electron chi connectivity index (χ2n) is 5.18. The van der Waals surface area contributed by atoms with Crippen LogP contribution in [0.25, 0.3) is 0 Å². The minimum atomic E-state index is -0.718. The van der Waals surface area contributed by atoms with Gasteiger partial charge in [-0.25, -0.2) is 18.7 Å². The molecule has 1 aliphatic heterocycles. The third-order valence-corrected chi connectivity index (χ3v) is 3.77. The van der Waals surface area contributed by atoms with Gasteiger partial charge in [-0.2, -0.15) is 5.26 Å².